The summed E-state index contributed by atoms with van der Waals surface area (Å²) in [7, 11) is 0. The standard InChI is InChI=1S/C23H30O3/c1-21-8-5-14(24)11-13(21)3-4-15-17(21)6-9-22(2)20(15)16-12-18(16)23(22)10-7-19(25)26-23/h3-4,11,14-18,20,24H,5-10,12H2,1-2H3/t14?,15-,16-,17+,18+,20-,21+,22+,23+/m1/s1. The summed E-state index contributed by atoms with van der Waals surface area (Å²) in [5, 5.41) is 10.1. The van der Waals surface area contributed by atoms with Gasteiger partial charge in [-0.25, -0.2) is 0 Å². The Kier molecular flexibility index (Phi) is 2.85. The molecule has 1 N–H and O–H groups in total. The number of esters is 1. The van der Waals surface area contributed by atoms with Crippen LogP contribution in [0.2, 0.25) is 0 Å². The summed E-state index contributed by atoms with van der Waals surface area (Å²) in [4.78, 5) is 12.1. The topological polar surface area (TPSA) is 46.5 Å². The number of fused-ring (bicyclic) bond motifs is 9. The molecule has 6 rings (SSSR count). The molecule has 0 bridgehead atoms. The molecule has 6 aliphatic rings. The molecule has 0 amide bonds. The second-order valence-electron chi connectivity index (χ2n) is 10.5. The van der Waals surface area contributed by atoms with Crippen molar-refractivity contribution in [2.24, 2.45) is 40.4 Å². The first kappa shape index (κ1) is 15.9. The van der Waals surface area contributed by atoms with Gasteiger partial charge in [-0.3, -0.25) is 4.79 Å². The Morgan fingerprint density at radius 2 is 2.00 bits per heavy atom. The molecule has 0 aromatic carbocycles. The highest BCUT2D eigenvalue weighted by Gasteiger charge is 2.78. The fraction of sp³-hybridized carbons (Fsp3) is 0.783. The molecule has 0 radical (unpaired) electrons. The highest BCUT2D eigenvalue weighted by Crippen LogP contribution is 2.78. The van der Waals surface area contributed by atoms with Crippen LogP contribution in [0.3, 0.4) is 0 Å². The lowest BCUT2D eigenvalue weighted by Crippen LogP contribution is -2.56. The Bertz CT molecular complexity index is 753. The van der Waals surface area contributed by atoms with Gasteiger partial charge in [0.25, 0.3) is 0 Å². The third kappa shape index (κ3) is 1.64. The smallest absolute Gasteiger partial charge is 0.306 e. The second-order valence-corrected chi connectivity index (χ2v) is 10.5. The number of carbonyl (C=O) groups is 1. The van der Waals surface area contributed by atoms with Crippen molar-refractivity contribution in [3.63, 3.8) is 0 Å². The van der Waals surface area contributed by atoms with Crippen LogP contribution in [0, 0.1) is 40.4 Å². The molecule has 3 nitrogen and oxygen atoms in total. The van der Waals surface area contributed by atoms with E-state index in [2.05, 4.69) is 32.1 Å². The SMILES string of the molecule is C[C@]12CCC(O)C=C1C=C[C@H]1[C@@H]3[C@@H]4C[C@@H]4[C@@]4(CCC(=O)O4)[C@@]3(C)CC[C@@H]12. The van der Waals surface area contributed by atoms with E-state index in [-0.39, 0.29) is 28.5 Å². The maximum absolute atomic E-state index is 12.1. The van der Waals surface area contributed by atoms with E-state index >= 15 is 0 Å². The number of ether oxygens (including phenoxy) is 1. The van der Waals surface area contributed by atoms with Crippen molar-refractivity contribution in [2.75, 3.05) is 0 Å². The van der Waals surface area contributed by atoms with Crippen LogP contribution < -0.4 is 0 Å². The van der Waals surface area contributed by atoms with Crippen molar-refractivity contribution < 1.29 is 14.6 Å². The van der Waals surface area contributed by atoms with E-state index in [1.807, 2.05) is 0 Å². The first-order chi connectivity index (χ1) is 12.4. The summed E-state index contributed by atoms with van der Waals surface area (Å²) in [5.74, 6) is 3.37. The zero-order valence-corrected chi connectivity index (χ0v) is 15.9. The van der Waals surface area contributed by atoms with Gasteiger partial charge in [0.1, 0.15) is 5.60 Å². The summed E-state index contributed by atoms with van der Waals surface area (Å²) in [6.07, 6.45) is 13.9. The molecule has 9 atom stereocenters. The minimum absolute atomic E-state index is 0.0392. The summed E-state index contributed by atoms with van der Waals surface area (Å²) in [5.41, 5.74) is 1.59. The number of aliphatic hydroxyl groups excluding tert-OH is 1. The zero-order chi connectivity index (χ0) is 17.9. The van der Waals surface area contributed by atoms with Gasteiger partial charge in [0.05, 0.1) is 6.10 Å². The van der Waals surface area contributed by atoms with Crippen molar-refractivity contribution in [2.45, 2.75) is 70.5 Å². The summed E-state index contributed by atoms with van der Waals surface area (Å²) in [6, 6.07) is 0. The Hall–Kier alpha value is -1.09. The van der Waals surface area contributed by atoms with Gasteiger partial charge in [-0.15, -0.1) is 0 Å². The predicted octanol–water partition coefficient (Wildman–Crippen LogP) is 4.02. The number of aliphatic hydroxyl groups is 1. The van der Waals surface area contributed by atoms with Gasteiger partial charge in [-0.1, -0.05) is 32.1 Å². The summed E-state index contributed by atoms with van der Waals surface area (Å²) < 4.78 is 6.15. The lowest BCUT2D eigenvalue weighted by molar-refractivity contribution is -0.172. The van der Waals surface area contributed by atoms with Crippen molar-refractivity contribution in [1.82, 2.24) is 0 Å². The van der Waals surface area contributed by atoms with Crippen molar-refractivity contribution in [3.05, 3.63) is 23.8 Å². The first-order valence-corrected chi connectivity index (χ1v) is 10.7. The van der Waals surface area contributed by atoms with Gasteiger partial charge in [-0.05, 0) is 73.2 Å². The molecule has 1 saturated heterocycles. The fourth-order valence-corrected chi connectivity index (χ4v) is 8.50. The van der Waals surface area contributed by atoms with Gasteiger partial charge in [0.15, 0.2) is 0 Å². The quantitative estimate of drug-likeness (QED) is 0.669. The molecular weight excluding hydrogens is 324 g/mol. The lowest BCUT2D eigenvalue weighted by Gasteiger charge is -2.58. The summed E-state index contributed by atoms with van der Waals surface area (Å²) >= 11 is 0. The molecule has 140 valence electrons. The van der Waals surface area contributed by atoms with Crippen LogP contribution in [0.5, 0.6) is 0 Å². The normalized spacial score (nSPS) is 59.2. The van der Waals surface area contributed by atoms with Crippen LogP contribution in [0.25, 0.3) is 0 Å². The monoisotopic (exact) mass is 354 g/mol. The number of rotatable bonds is 0. The van der Waals surface area contributed by atoms with E-state index in [0.717, 1.165) is 25.2 Å². The van der Waals surface area contributed by atoms with Crippen LogP contribution in [0.4, 0.5) is 0 Å². The Morgan fingerprint density at radius 3 is 2.77 bits per heavy atom. The average Bonchev–Trinajstić information content (AvgIpc) is 3.24. The van der Waals surface area contributed by atoms with Crippen molar-refractivity contribution in [3.8, 4) is 0 Å². The molecule has 1 heterocycles. The molecule has 3 saturated carbocycles. The number of hydrogen-bond donors (Lipinski definition) is 1. The molecule has 0 aromatic heterocycles. The summed E-state index contributed by atoms with van der Waals surface area (Å²) in [6.45, 7) is 4.89. The molecule has 5 aliphatic carbocycles. The Balaban J connectivity index is 1.43. The average molecular weight is 354 g/mol. The van der Waals surface area contributed by atoms with Crippen LogP contribution in [0.15, 0.2) is 23.8 Å². The van der Waals surface area contributed by atoms with Gasteiger partial charge in [0, 0.05) is 17.8 Å². The minimum Gasteiger partial charge on any atom is -0.458 e. The number of allylic oxidation sites excluding steroid dienone is 3. The molecular formula is C23H30O3. The van der Waals surface area contributed by atoms with Crippen molar-refractivity contribution in [1.29, 1.82) is 0 Å². The Morgan fingerprint density at radius 1 is 1.15 bits per heavy atom. The van der Waals surface area contributed by atoms with E-state index in [0.29, 0.717) is 30.1 Å². The molecule has 3 heteroatoms. The van der Waals surface area contributed by atoms with E-state index in [9.17, 15) is 9.90 Å². The number of hydrogen-bond acceptors (Lipinski definition) is 3. The highest BCUT2D eigenvalue weighted by atomic mass is 16.6. The molecule has 26 heavy (non-hydrogen) atoms. The van der Waals surface area contributed by atoms with Crippen LogP contribution >= 0.6 is 0 Å². The zero-order valence-electron chi connectivity index (χ0n) is 15.9. The van der Waals surface area contributed by atoms with Crippen LogP contribution in [0.1, 0.15) is 58.8 Å². The number of carbonyl (C=O) groups excluding carboxylic acids is 1. The first-order valence-electron chi connectivity index (χ1n) is 10.7. The molecule has 4 fully saturated rings. The highest BCUT2D eigenvalue weighted by molar-refractivity contribution is 5.73. The molecule has 1 spiro atoms. The van der Waals surface area contributed by atoms with E-state index < -0.39 is 0 Å². The Labute approximate surface area is 155 Å². The van der Waals surface area contributed by atoms with E-state index in [1.165, 1.54) is 24.8 Å². The molecule has 1 aliphatic heterocycles. The van der Waals surface area contributed by atoms with Gasteiger partial charge < -0.3 is 9.84 Å². The van der Waals surface area contributed by atoms with Gasteiger partial charge in [0.2, 0.25) is 0 Å². The molecule has 1 unspecified atom stereocenters. The van der Waals surface area contributed by atoms with E-state index in [1.54, 1.807) is 0 Å². The maximum atomic E-state index is 12.1. The van der Waals surface area contributed by atoms with E-state index in [4.69, 9.17) is 4.74 Å². The molecule has 0 aromatic rings. The fourth-order valence-electron chi connectivity index (χ4n) is 8.50. The van der Waals surface area contributed by atoms with Crippen LogP contribution in [-0.4, -0.2) is 22.8 Å². The second kappa shape index (κ2) is 4.66. The van der Waals surface area contributed by atoms with Gasteiger partial charge >= 0.3 is 5.97 Å². The van der Waals surface area contributed by atoms with Crippen LogP contribution in [-0.2, 0) is 9.53 Å². The minimum atomic E-state index is -0.270. The largest absolute Gasteiger partial charge is 0.458 e. The van der Waals surface area contributed by atoms with Gasteiger partial charge in [-0.2, -0.15) is 0 Å². The lowest BCUT2D eigenvalue weighted by atomic mass is 9.47. The predicted molar refractivity (Wildman–Crippen MR) is 98.0 cm³/mol. The third-order valence-corrected chi connectivity index (χ3v) is 9.76. The maximum Gasteiger partial charge on any atom is 0.306 e. The van der Waals surface area contributed by atoms with Crippen molar-refractivity contribution >= 4 is 5.97 Å². The third-order valence-electron chi connectivity index (χ3n) is 9.76.